The lowest BCUT2D eigenvalue weighted by atomic mass is 9.96. The second kappa shape index (κ2) is 7.86. The average molecular weight is 436 g/mol. The minimum Gasteiger partial charge on any atom is -0.505 e. The van der Waals surface area contributed by atoms with Crippen molar-refractivity contribution in [1.82, 2.24) is 9.97 Å². The van der Waals surface area contributed by atoms with Crippen LogP contribution in [0.4, 0.5) is 5.82 Å². The lowest BCUT2D eigenvalue weighted by Crippen LogP contribution is -2.14. The Morgan fingerprint density at radius 2 is 1.86 bits per heavy atom. The summed E-state index contributed by atoms with van der Waals surface area (Å²) in [6.07, 6.45) is 3.40. The molecule has 2 N–H and O–H groups in total. The number of pyridine rings is 2. The molecule has 0 amide bonds. The molecule has 0 unspecified atom stereocenters. The summed E-state index contributed by atoms with van der Waals surface area (Å²) in [6.45, 7) is 0. The van der Waals surface area contributed by atoms with Gasteiger partial charge in [-0.15, -0.1) is 0 Å². The molecule has 1 atom stereocenters. The lowest BCUT2D eigenvalue weighted by Gasteiger charge is -2.22. The molecule has 6 heteroatoms. The van der Waals surface area contributed by atoms with Crippen LogP contribution in [0.1, 0.15) is 17.2 Å². The Kier molecular flexibility index (Phi) is 5.12. The fourth-order valence-corrected chi connectivity index (χ4v) is 3.74. The SMILES string of the molecule is COc1ccc([C@H](Nc2ccccn2)c2ccc3cccnc3c2O)cc1Br. The highest BCUT2D eigenvalue weighted by Crippen LogP contribution is 2.38. The summed E-state index contributed by atoms with van der Waals surface area (Å²) >= 11 is 3.55. The van der Waals surface area contributed by atoms with Crippen molar-refractivity contribution in [2.24, 2.45) is 0 Å². The van der Waals surface area contributed by atoms with E-state index in [9.17, 15) is 5.11 Å². The maximum atomic E-state index is 11.0. The van der Waals surface area contributed by atoms with E-state index in [0.29, 0.717) is 16.9 Å². The first-order chi connectivity index (χ1) is 13.7. The third kappa shape index (κ3) is 3.51. The summed E-state index contributed by atoms with van der Waals surface area (Å²) in [4.78, 5) is 8.72. The number of anilines is 1. The second-order valence-electron chi connectivity index (χ2n) is 6.26. The molecule has 0 aliphatic heterocycles. The summed E-state index contributed by atoms with van der Waals surface area (Å²) in [7, 11) is 1.63. The number of hydrogen-bond donors (Lipinski definition) is 2. The summed E-state index contributed by atoms with van der Waals surface area (Å²) in [5, 5.41) is 15.3. The van der Waals surface area contributed by atoms with Crippen molar-refractivity contribution in [3.8, 4) is 11.5 Å². The Bertz CT molecular complexity index is 1120. The second-order valence-corrected chi connectivity index (χ2v) is 7.12. The molecule has 4 rings (SSSR count). The van der Waals surface area contributed by atoms with E-state index in [4.69, 9.17) is 4.74 Å². The Morgan fingerprint density at radius 3 is 2.61 bits per heavy atom. The van der Waals surface area contributed by atoms with Crippen LogP contribution in [-0.2, 0) is 0 Å². The number of hydrogen-bond acceptors (Lipinski definition) is 5. The number of aromatic hydroxyl groups is 1. The predicted molar refractivity (Wildman–Crippen MR) is 114 cm³/mol. The summed E-state index contributed by atoms with van der Waals surface area (Å²) in [6, 6.07) is 18.8. The van der Waals surface area contributed by atoms with E-state index in [0.717, 1.165) is 21.2 Å². The van der Waals surface area contributed by atoms with E-state index in [1.54, 1.807) is 19.5 Å². The Morgan fingerprint density at radius 1 is 1.00 bits per heavy atom. The van der Waals surface area contributed by atoms with Crippen LogP contribution >= 0.6 is 15.9 Å². The molecule has 4 aromatic rings. The molecule has 5 nitrogen and oxygen atoms in total. The van der Waals surface area contributed by atoms with E-state index < -0.39 is 0 Å². The first-order valence-electron chi connectivity index (χ1n) is 8.75. The number of halogens is 1. The van der Waals surface area contributed by atoms with Crippen molar-refractivity contribution >= 4 is 32.7 Å². The van der Waals surface area contributed by atoms with Crippen LogP contribution in [0.15, 0.2) is 77.5 Å². The van der Waals surface area contributed by atoms with Crippen LogP contribution in [0, 0.1) is 0 Å². The monoisotopic (exact) mass is 435 g/mol. The number of methoxy groups -OCH3 is 1. The maximum Gasteiger partial charge on any atom is 0.147 e. The number of aromatic nitrogens is 2. The molecule has 0 saturated carbocycles. The van der Waals surface area contributed by atoms with Gasteiger partial charge in [0.15, 0.2) is 0 Å². The van der Waals surface area contributed by atoms with Crippen LogP contribution in [0.2, 0.25) is 0 Å². The fourth-order valence-electron chi connectivity index (χ4n) is 3.18. The van der Waals surface area contributed by atoms with Crippen LogP contribution in [0.5, 0.6) is 11.5 Å². The van der Waals surface area contributed by atoms with Crippen molar-refractivity contribution in [3.63, 3.8) is 0 Å². The summed E-state index contributed by atoms with van der Waals surface area (Å²) < 4.78 is 6.18. The van der Waals surface area contributed by atoms with Gasteiger partial charge in [0.1, 0.15) is 22.8 Å². The minimum atomic E-state index is -0.330. The number of fused-ring (bicyclic) bond motifs is 1. The Balaban J connectivity index is 1.86. The third-order valence-corrected chi connectivity index (χ3v) is 5.18. The van der Waals surface area contributed by atoms with Gasteiger partial charge in [-0.3, -0.25) is 4.98 Å². The molecule has 0 saturated heterocycles. The van der Waals surface area contributed by atoms with Crippen molar-refractivity contribution < 1.29 is 9.84 Å². The molecule has 28 heavy (non-hydrogen) atoms. The highest BCUT2D eigenvalue weighted by molar-refractivity contribution is 9.10. The van der Waals surface area contributed by atoms with Crippen molar-refractivity contribution in [3.05, 3.63) is 88.7 Å². The van der Waals surface area contributed by atoms with Gasteiger partial charge in [-0.2, -0.15) is 0 Å². The molecule has 2 aromatic carbocycles. The van der Waals surface area contributed by atoms with Crippen LogP contribution < -0.4 is 10.1 Å². The van der Waals surface area contributed by atoms with Gasteiger partial charge in [0.05, 0.1) is 17.6 Å². The minimum absolute atomic E-state index is 0.151. The average Bonchev–Trinajstić information content (AvgIpc) is 2.73. The van der Waals surface area contributed by atoms with Crippen molar-refractivity contribution in [1.29, 1.82) is 0 Å². The summed E-state index contributed by atoms with van der Waals surface area (Å²) in [5.74, 6) is 1.60. The summed E-state index contributed by atoms with van der Waals surface area (Å²) in [5.41, 5.74) is 2.23. The zero-order valence-corrected chi connectivity index (χ0v) is 16.7. The van der Waals surface area contributed by atoms with E-state index in [1.807, 2.05) is 60.7 Å². The molecule has 140 valence electrons. The molecule has 0 radical (unpaired) electrons. The number of nitrogens with zero attached hydrogens (tertiary/aromatic N) is 2. The number of nitrogens with one attached hydrogen (secondary N) is 1. The van der Waals surface area contributed by atoms with E-state index in [-0.39, 0.29) is 11.8 Å². The molecule has 0 aliphatic rings. The first-order valence-corrected chi connectivity index (χ1v) is 9.54. The molecule has 0 spiro atoms. The molecule has 0 fully saturated rings. The standard InChI is InChI=1S/C22H18BrN3O2/c1-28-18-10-8-15(13-17(18)23)20(26-19-6-2-3-11-24-19)16-9-7-14-5-4-12-25-21(14)22(16)27/h2-13,20,27H,1H3,(H,24,26)/t20-/m0/s1. The topological polar surface area (TPSA) is 67.3 Å². The zero-order chi connectivity index (χ0) is 19.5. The quantitative estimate of drug-likeness (QED) is 0.444. The van der Waals surface area contributed by atoms with Crippen molar-refractivity contribution in [2.45, 2.75) is 6.04 Å². The number of phenols is 1. The van der Waals surface area contributed by atoms with Crippen molar-refractivity contribution in [2.75, 3.05) is 12.4 Å². The molecule has 2 aromatic heterocycles. The molecule has 0 bridgehead atoms. The van der Waals surface area contributed by atoms with Gasteiger partial charge in [0.2, 0.25) is 0 Å². The maximum absolute atomic E-state index is 11.0. The fraction of sp³-hybridized carbons (Fsp3) is 0.0909. The lowest BCUT2D eigenvalue weighted by molar-refractivity contribution is 0.412. The van der Waals surface area contributed by atoms with Gasteiger partial charge in [-0.05, 0) is 51.8 Å². The molecular weight excluding hydrogens is 418 g/mol. The molecule has 0 aliphatic carbocycles. The molecular formula is C22H18BrN3O2. The normalized spacial score (nSPS) is 11.9. The van der Waals surface area contributed by atoms with E-state index in [1.165, 1.54) is 0 Å². The van der Waals surface area contributed by atoms with Gasteiger partial charge in [0, 0.05) is 23.3 Å². The predicted octanol–water partition coefficient (Wildman–Crippen LogP) is 5.31. The Hall–Kier alpha value is -3.12. The number of benzene rings is 2. The number of phenolic OH excluding ortho intramolecular Hbond substituents is 1. The largest absolute Gasteiger partial charge is 0.505 e. The molecule has 2 heterocycles. The number of ether oxygens (including phenoxy) is 1. The van der Waals surface area contributed by atoms with E-state index >= 15 is 0 Å². The van der Waals surface area contributed by atoms with Gasteiger partial charge in [-0.25, -0.2) is 4.98 Å². The van der Waals surface area contributed by atoms with Gasteiger partial charge in [-0.1, -0.05) is 30.3 Å². The zero-order valence-electron chi connectivity index (χ0n) is 15.1. The van der Waals surface area contributed by atoms with Crippen LogP contribution in [0.3, 0.4) is 0 Å². The van der Waals surface area contributed by atoms with Crippen LogP contribution in [0.25, 0.3) is 10.9 Å². The van der Waals surface area contributed by atoms with Gasteiger partial charge < -0.3 is 15.2 Å². The highest BCUT2D eigenvalue weighted by atomic mass is 79.9. The third-order valence-electron chi connectivity index (χ3n) is 4.56. The Labute approximate surface area is 171 Å². The highest BCUT2D eigenvalue weighted by Gasteiger charge is 2.21. The smallest absolute Gasteiger partial charge is 0.147 e. The van der Waals surface area contributed by atoms with Gasteiger partial charge in [0.25, 0.3) is 0 Å². The first kappa shape index (κ1) is 18.3. The number of rotatable bonds is 5. The van der Waals surface area contributed by atoms with Gasteiger partial charge >= 0.3 is 0 Å². The van der Waals surface area contributed by atoms with E-state index in [2.05, 4.69) is 31.2 Å². The van der Waals surface area contributed by atoms with Crippen LogP contribution in [-0.4, -0.2) is 22.2 Å².